The average Bonchev–Trinajstić information content (AvgIpc) is 2.35. The second-order valence-electron chi connectivity index (χ2n) is 5.19. The molecule has 1 unspecified atom stereocenters. The van der Waals surface area contributed by atoms with Gasteiger partial charge in [0, 0.05) is 18.3 Å². The van der Waals surface area contributed by atoms with E-state index in [4.69, 9.17) is 9.47 Å². The zero-order valence-electron chi connectivity index (χ0n) is 12.1. The van der Waals surface area contributed by atoms with E-state index in [0.717, 1.165) is 29.6 Å². The molecule has 0 bridgehead atoms. The minimum absolute atomic E-state index is 0.665. The van der Waals surface area contributed by atoms with E-state index >= 15 is 0 Å². The highest BCUT2D eigenvalue weighted by Gasteiger charge is 2.07. The van der Waals surface area contributed by atoms with Crippen LogP contribution in [0.5, 0.6) is 11.5 Å². The topological polar surface area (TPSA) is 30.5 Å². The molecule has 18 heavy (non-hydrogen) atoms. The highest BCUT2D eigenvalue weighted by atomic mass is 16.5. The summed E-state index contributed by atoms with van der Waals surface area (Å²) in [6.07, 6.45) is 1.24. The van der Waals surface area contributed by atoms with Crippen molar-refractivity contribution in [1.29, 1.82) is 0 Å². The lowest BCUT2D eigenvalue weighted by Gasteiger charge is -2.16. The third kappa shape index (κ3) is 4.47. The Hall–Kier alpha value is -1.38. The maximum Gasteiger partial charge on any atom is 0.162 e. The number of nitrogens with one attached hydrogen (secondary N) is 1. The first-order chi connectivity index (χ1) is 8.56. The first-order valence-electron chi connectivity index (χ1n) is 6.52. The van der Waals surface area contributed by atoms with Crippen LogP contribution in [-0.2, 0) is 0 Å². The summed E-state index contributed by atoms with van der Waals surface area (Å²) in [7, 11) is 3.30. The Morgan fingerprint density at radius 1 is 1.06 bits per heavy atom. The number of hydrogen-bond donors (Lipinski definition) is 1. The molecule has 1 aromatic carbocycles. The van der Waals surface area contributed by atoms with Crippen LogP contribution < -0.4 is 14.8 Å². The summed E-state index contributed by atoms with van der Waals surface area (Å²) in [6, 6.07) is 5.92. The Balaban J connectivity index is 2.57. The lowest BCUT2D eigenvalue weighted by Crippen LogP contribution is -2.13. The Morgan fingerprint density at radius 2 is 1.72 bits per heavy atom. The standard InChI is InChI=1S/C15H25NO2/c1-11(2)8-12(3)10-16-13-6-7-14(17-4)15(9-13)18-5/h6-7,9,11-12,16H,8,10H2,1-5H3. The van der Waals surface area contributed by atoms with E-state index in [0.29, 0.717) is 5.92 Å². The molecule has 0 radical (unpaired) electrons. The Labute approximate surface area is 110 Å². The van der Waals surface area contributed by atoms with Gasteiger partial charge in [-0.25, -0.2) is 0 Å². The molecule has 0 aliphatic carbocycles. The molecule has 102 valence electrons. The van der Waals surface area contributed by atoms with E-state index in [2.05, 4.69) is 26.1 Å². The summed E-state index contributed by atoms with van der Waals surface area (Å²) >= 11 is 0. The molecular formula is C15H25NO2. The number of anilines is 1. The molecule has 0 spiro atoms. The number of benzene rings is 1. The van der Waals surface area contributed by atoms with Crippen LogP contribution in [0, 0.1) is 11.8 Å². The maximum absolute atomic E-state index is 5.28. The van der Waals surface area contributed by atoms with Gasteiger partial charge in [0.2, 0.25) is 0 Å². The third-order valence-electron chi connectivity index (χ3n) is 2.91. The molecule has 0 saturated carbocycles. The predicted octanol–water partition coefficient (Wildman–Crippen LogP) is 3.80. The van der Waals surface area contributed by atoms with Crippen LogP contribution >= 0.6 is 0 Å². The normalized spacial score (nSPS) is 12.3. The third-order valence-corrected chi connectivity index (χ3v) is 2.91. The average molecular weight is 251 g/mol. The van der Waals surface area contributed by atoms with Crippen LogP contribution in [0.3, 0.4) is 0 Å². The Morgan fingerprint density at radius 3 is 2.28 bits per heavy atom. The molecular weight excluding hydrogens is 226 g/mol. The summed E-state index contributed by atoms with van der Waals surface area (Å²) in [6.45, 7) is 7.77. The van der Waals surface area contributed by atoms with Crippen molar-refractivity contribution in [3.8, 4) is 11.5 Å². The molecule has 0 heterocycles. The zero-order chi connectivity index (χ0) is 13.5. The van der Waals surface area contributed by atoms with Crippen LogP contribution in [0.4, 0.5) is 5.69 Å². The van der Waals surface area contributed by atoms with Gasteiger partial charge in [0.15, 0.2) is 11.5 Å². The van der Waals surface area contributed by atoms with Crippen molar-refractivity contribution in [3.63, 3.8) is 0 Å². The van der Waals surface area contributed by atoms with Crippen molar-refractivity contribution in [2.24, 2.45) is 11.8 Å². The molecule has 1 N–H and O–H groups in total. The van der Waals surface area contributed by atoms with E-state index in [-0.39, 0.29) is 0 Å². The van der Waals surface area contributed by atoms with Crippen LogP contribution in [0.1, 0.15) is 27.2 Å². The van der Waals surface area contributed by atoms with Gasteiger partial charge in [0.05, 0.1) is 14.2 Å². The Bertz CT molecular complexity index is 364. The van der Waals surface area contributed by atoms with Gasteiger partial charge in [0.1, 0.15) is 0 Å². The van der Waals surface area contributed by atoms with E-state index in [1.54, 1.807) is 14.2 Å². The molecule has 0 amide bonds. The van der Waals surface area contributed by atoms with Gasteiger partial charge >= 0.3 is 0 Å². The highest BCUT2D eigenvalue weighted by molar-refractivity contribution is 5.54. The lowest BCUT2D eigenvalue weighted by atomic mass is 9.99. The molecule has 0 fully saturated rings. The fourth-order valence-corrected chi connectivity index (χ4v) is 2.13. The van der Waals surface area contributed by atoms with Gasteiger partial charge < -0.3 is 14.8 Å². The summed E-state index contributed by atoms with van der Waals surface area (Å²) < 4.78 is 10.5. The van der Waals surface area contributed by atoms with Gasteiger partial charge in [-0.15, -0.1) is 0 Å². The maximum atomic E-state index is 5.28. The van der Waals surface area contributed by atoms with Crippen LogP contribution in [0.2, 0.25) is 0 Å². The first kappa shape index (κ1) is 14.7. The Kier molecular flexibility index (Phi) is 5.83. The molecule has 1 aromatic rings. The SMILES string of the molecule is COc1ccc(NCC(C)CC(C)C)cc1OC. The largest absolute Gasteiger partial charge is 0.493 e. The number of ether oxygens (including phenoxy) is 2. The van der Waals surface area contributed by atoms with Crippen molar-refractivity contribution in [1.82, 2.24) is 0 Å². The molecule has 3 nitrogen and oxygen atoms in total. The lowest BCUT2D eigenvalue weighted by molar-refractivity contribution is 0.355. The fourth-order valence-electron chi connectivity index (χ4n) is 2.13. The van der Waals surface area contributed by atoms with Crippen LogP contribution in [-0.4, -0.2) is 20.8 Å². The second-order valence-corrected chi connectivity index (χ2v) is 5.19. The first-order valence-corrected chi connectivity index (χ1v) is 6.52. The smallest absolute Gasteiger partial charge is 0.162 e. The summed E-state index contributed by atoms with van der Waals surface area (Å²) in [4.78, 5) is 0. The molecule has 1 atom stereocenters. The molecule has 1 rings (SSSR count). The number of hydrogen-bond acceptors (Lipinski definition) is 3. The van der Waals surface area contributed by atoms with Crippen LogP contribution in [0.25, 0.3) is 0 Å². The quantitative estimate of drug-likeness (QED) is 0.799. The minimum Gasteiger partial charge on any atom is -0.493 e. The van der Waals surface area contributed by atoms with Gasteiger partial charge in [-0.1, -0.05) is 20.8 Å². The molecule has 0 aromatic heterocycles. The molecule has 0 aliphatic rings. The van der Waals surface area contributed by atoms with Crippen LogP contribution in [0.15, 0.2) is 18.2 Å². The van der Waals surface area contributed by atoms with Gasteiger partial charge in [-0.3, -0.25) is 0 Å². The zero-order valence-corrected chi connectivity index (χ0v) is 12.1. The van der Waals surface area contributed by atoms with Crippen molar-refractivity contribution in [2.75, 3.05) is 26.1 Å². The van der Waals surface area contributed by atoms with E-state index < -0.39 is 0 Å². The summed E-state index contributed by atoms with van der Waals surface area (Å²) in [5.74, 6) is 2.93. The fraction of sp³-hybridized carbons (Fsp3) is 0.600. The minimum atomic E-state index is 0.665. The van der Waals surface area contributed by atoms with E-state index in [1.165, 1.54) is 6.42 Å². The van der Waals surface area contributed by atoms with Crippen molar-refractivity contribution in [2.45, 2.75) is 27.2 Å². The summed E-state index contributed by atoms with van der Waals surface area (Å²) in [5, 5.41) is 3.44. The number of methoxy groups -OCH3 is 2. The predicted molar refractivity (Wildman–Crippen MR) is 76.7 cm³/mol. The second kappa shape index (κ2) is 7.14. The van der Waals surface area contributed by atoms with E-state index in [1.807, 2.05) is 18.2 Å². The van der Waals surface area contributed by atoms with E-state index in [9.17, 15) is 0 Å². The van der Waals surface area contributed by atoms with Crippen molar-refractivity contribution < 1.29 is 9.47 Å². The molecule has 3 heteroatoms. The highest BCUT2D eigenvalue weighted by Crippen LogP contribution is 2.29. The van der Waals surface area contributed by atoms with Crippen molar-refractivity contribution in [3.05, 3.63) is 18.2 Å². The van der Waals surface area contributed by atoms with Gasteiger partial charge in [-0.2, -0.15) is 0 Å². The van der Waals surface area contributed by atoms with Gasteiger partial charge in [-0.05, 0) is 30.4 Å². The summed E-state index contributed by atoms with van der Waals surface area (Å²) in [5.41, 5.74) is 1.07. The number of rotatable bonds is 7. The van der Waals surface area contributed by atoms with Gasteiger partial charge in [0.25, 0.3) is 0 Å². The van der Waals surface area contributed by atoms with Crippen molar-refractivity contribution >= 4 is 5.69 Å². The molecule has 0 saturated heterocycles. The molecule has 0 aliphatic heterocycles. The monoisotopic (exact) mass is 251 g/mol.